The van der Waals surface area contributed by atoms with Gasteiger partial charge in [0.1, 0.15) is 0 Å². The average molecular weight is 246 g/mol. The molecular formula is C16H26N2. The van der Waals surface area contributed by atoms with Crippen molar-refractivity contribution >= 4 is 5.69 Å². The largest absolute Gasteiger partial charge is 0.366 e. The van der Waals surface area contributed by atoms with Crippen molar-refractivity contribution in [2.24, 2.45) is 5.73 Å². The summed E-state index contributed by atoms with van der Waals surface area (Å²) in [6.45, 7) is 6.69. The Morgan fingerprint density at radius 3 is 2.50 bits per heavy atom. The van der Waals surface area contributed by atoms with E-state index in [9.17, 15) is 0 Å². The van der Waals surface area contributed by atoms with E-state index in [-0.39, 0.29) is 6.04 Å². The molecule has 1 aromatic rings. The quantitative estimate of drug-likeness (QED) is 0.883. The molecule has 0 aromatic heterocycles. The fourth-order valence-electron chi connectivity index (χ4n) is 3.11. The molecule has 1 aliphatic heterocycles. The average Bonchev–Trinajstić information content (AvgIpc) is 2.71. The monoisotopic (exact) mass is 246 g/mol. The summed E-state index contributed by atoms with van der Waals surface area (Å²) < 4.78 is 0. The van der Waals surface area contributed by atoms with Gasteiger partial charge in [-0.05, 0) is 57.2 Å². The van der Waals surface area contributed by atoms with E-state index in [0.29, 0.717) is 6.04 Å². The minimum Gasteiger partial charge on any atom is -0.366 e. The van der Waals surface area contributed by atoms with E-state index in [2.05, 4.69) is 49.9 Å². The highest BCUT2D eigenvalue weighted by Crippen LogP contribution is 2.32. The van der Waals surface area contributed by atoms with E-state index in [4.69, 9.17) is 5.73 Å². The number of benzene rings is 1. The molecule has 2 N–H and O–H groups in total. The lowest BCUT2D eigenvalue weighted by atomic mass is 10.1. The third kappa shape index (κ3) is 2.86. The number of rotatable bonds is 4. The second-order valence-electron chi connectivity index (χ2n) is 5.74. The minimum atomic E-state index is 0.241. The van der Waals surface area contributed by atoms with Crippen LogP contribution in [-0.4, -0.2) is 18.1 Å². The van der Waals surface area contributed by atoms with E-state index >= 15 is 0 Å². The molecule has 18 heavy (non-hydrogen) atoms. The first-order chi connectivity index (χ1) is 8.61. The Kier molecular flexibility index (Phi) is 4.28. The molecular weight excluding hydrogens is 220 g/mol. The van der Waals surface area contributed by atoms with E-state index in [0.717, 1.165) is 12.5 Å². The molecule has 1 heterocycles. The highest BCUT2D eigenvalue weighted by molar-refractivity contribution is 5.50. The summed E-state index contributed by atoms with van der Waals surface area (Å²) in [5.41, 5.74) is 8.56. The van der Waals surface area contributed by atoms with Gasteiger partial charge in [0.15, 0.2) is 0 Å². The van der Waals surface area contributed by atoms with Crippen LogP contribution in [0.1, 0.15) is 45.6 Å². The number of hydrogen-bond acceptors (Lipinski definition) is 2. The highest BCUT2D eigenvalue weighted by Gasteiger charge is 2.29. The van der Waals surface area contributed by atoms with Gasteiger partial charge in [0.05, 0.1) is 0 Å². The van der Waals surface area contributed by atoms with Crippen LogP contribution in [0.2, 0.25) is 0 Å². The van der Waals surface area contributed by atoms with Crippen LogP contribution in [0, 0.1) is 0 Å². The van der Waals surface area contributed by atoms with Crippen LogP contribution in [0.5, 0.6) is 0 Å². The zero-order chi connectivity index (χ0) is 13.1. The van der Waals surface area contributed by atoms with E-state index in [1.54, 1.807) is 0 Å². The summed E-state index contributed by atoms with van der Waals surface area (Å²) in [5, 5.41) is 0. The van der Waals surface area contributed by atoms with Gasteiger partial charge >= 0.3 is 0 Å². The third-order valence-electron chi connectivity index (χ3n) is 4.05. The second kappa shape index (κ2) is 5.75. The minimum absolute atomic E-state index is 0.241. The van der Waals surface area contributed by atoms with Crippen molar-refractivity contribution < 1.29 is 0 Å². The molecule has 0 aliphatic carbocycles. The third-order valence-corrected chi connectivity index (χ3v) is 4.05. The van der Waals surface area contributed by atoms with Gasteiger partial charge in [-0.3, -0.25) is 0 Å². The van der Waals surface area contributed by atoms with Crippen molar-refractivity contribution in [3.8, 4) is 0 Å². The molecule has 1 aliphatic rings. The van der Waals surface area contributed by atoms with Crippen LogP contribution in [0.15, 0.2) is 24.3 Å². The molecule has 1 aromatic carbocycles. The van der Waals surface area contributed by atoms with Crippen molar-refractivity contribution in [3.05, 3.63) is 29.8 Å². The molecule has 3 atom stereocenters. The lowest BCUT2D eigenvalue weighted by Gasteiger charge is -2.30. The van der Waals surface area contributed by atoms with Crippen LogP contribution in [0.3, 0.4) is 0 Å². The summed E-state index contributed by atoms with van der Waals surface area (Å²) in [7, 11) is 0. The zero-order valence-electron chi connectivity index (χ0n) is 11.9. The molecule has 1 saturated heterocycles. The summed E-state index contributed by atoms with van der Waals surface area (Å²) in [5.74, 6) is 0. The number of anilines is 1. The van der Waals surface area contributed by atoms with Crippen molar-refractivity contribution in [2.75, 3.05) is 4.90 Å². The van der Waals surface area contributed by atoms with Crippen LogP contribution in [0.25, 0.3) is 0 Å². The van der Waals surface area contributed by atoms with Gasteiger partial charge in [0, 0.05) is 23.8 Å². The highest BCUT2D eigenvalue weighted by atomic mass is 15.2. The molecule has 0 saturated carbocycles. The molecule has 0 radical (unpaired) electrons. The lowest BCUT2D eigenvalue weighted by molar-refractivity contribution is 0.628. The second-order valence-corrected chi connectivity index (χ2v) is 5.74. The number of hydrogen-bond donors (Lipinski definition) is 1. The van der Waals surface area contributed by atoms with Gasteiger partial charge < -0.3 is 10.6 Å². The van der Waals surface area contributed by atoms with E-state index in [1.165, 1.54) is 30.5 Å². The molecule has 1 fully saturated rings. The topological polar surface area (TPSA) is 29.3 Å². The lowest BCUT2D eigenvalue weighted by Crippen LogP contribution is -2.34. The predicted octanol–water partition coefficient (Wildman–Crippen LogP) is 3.34. The Labute approximate surface area is 111 Å². The Morgan fingerprint density at radius 2 is 1.94 bits per heavy atom. The summed E-state index contributed by atoms with van der Waals surface area (Å²) in [6.07, 6.45) is 4.86. The molecule has 2 rings (SSSR count). The van der Waals surface area contributed by atoms with E-state index in [1.807, 2.05) is 0 Å². The zero-order valence-corrected chi connectivity index (χ0v) is 11.9. The molecule has 2 heteroatoms. The van der Waals surface area contributed by atoms with Gasteiger partial charge in [0.2, 0.25) is 0 Å². The maximum atomic E-state index is 5.84. The molecule has 0 bridgehead atoms. The number of nitrogens with zero attached hydrogens (tertiary/aromatic N) is 1. The molecule has 100 valence electrons. The van der Waals surface area contributed by atoms with Gasteiger partial charge in [0.25, 0.3) is 0 Å². The first-order valence-corrected chi connectivity index (χ1v) is 7.24. The van der Waals surface area contributed by atoms with Crippen LogP contribution < -0.4 is 10.6 Å². The Balaban J connectivity index is 2.13. The van der Waals surface area contributed by atoms with Crippen molar-refractivity contribution in [1.82, 2.24) is 0 Å². The molecule has 0 spiro atoms. The van der Waals surface area contributed by atoms with Crippen LogP contribution in [0.4, 0.5) is 5.69 Å². The van der Waals surface area contributed by atoms with E-state index < -0.39 is 0 Å². The summed E-state index contributed by atoms with van der Waals surface area (Å²) >= 11 is 0. The maximum Gasteiger partial charge on any atom is 0.0371 e. The standard InChI is InChI=1S/C16H26N2/c1-4-15-8-5-13(3)18(15)16-9-6-14(7-10-16)11-12(2)17/h6-7,9-10,12-13,15H,4-5,8,11,17H2,1-3H3. The van der Waals surface area contributed by atoms with Crippen molar-refractivity contribution in [3.63, 3.8) is 0 Å². The van der Waals surface area contributed by atoms with Gasteiger partial charge in [-0.25, -0.2) is 0 Å². The summed E-state index contributed by atoms with van der Waals surface area (Å²) in [6, 6.07) is 10.6. The first kappa shape index (κ1) is 13.4. The van der Waals surface area contributed by atoms with Gasteiger partial charge in [-0.2, -0.15) is 0 Å². The first-order valence-electron chi connectivity index (χ1n) is 7.24. The fourth-order valence-corrected chi connectivity index (χ4v) is 3.11. The Morgan fingerprint density at radius 1 is 1.28 bits per heavy atom. The predicted molar refractivity (Wildman–Crippen MR) is 79.0 cm³/mol. The Hall–Kier alpha value is -1.02. The molecule has 0 amide bonds. The number of nitrogens with two attached hydrogens (primary N) is 1. The van der Waals surface area contributed by atoms with Crippen LogP contribution >= 0.6 is 0 Å². The Bertz CT molecular complexity index is 369. The maximum absolute atomic E-state index is 5.84. The molecule has 2 nitrogen and oxygen atoms in total. The van der Waals surface area contributed by atoms with Gasteiger partial charge in [-0.15, -0.1) is 0 Å². The summed E-state index contributed by atoms with van der Waals surface area (Å²) in [4.78, 5) is 2.59. The molecule has 3 unspecified atom stereocenters. The normalized spacial score (nSPS) is 25.4. The van der Waals surface area contributed by atoms with Crippen LogP contribution in [-0.2, 0) is 6.42 Å². The van der Waals surface area contributed by atoms with Crippen molar-refractivity contribution in [2.45, 2.75) is 64.6 Å². The smallest absolute Gasteiger partial charge is 0.0371 e. The SMILES string of the molecule is CCC1CCC(C)N1c1ccc(CC(C)N)cc1. The van der Waals surface area contributed by atoms with Gasteiger partial charge in [-0.1, -0.05) is 19.1 Å². The fraction of sp³-hybridized carbons (Fsp3) is 0.625. The van der Waals surface area contributed by atoms with Crippen molar-refractivity contribution in [1.29, 1.82) is 0 Å².